The van der Waals surface area contributed by atoms with Crippen molar-refractivity contribution in [2.24, 2.45) is 5.10 Å². The smallest absolute Gasteiger partial charge is 0.311 e. The Hall–Kier alpha value is -3.82. The highest BCUT2D eigenvalue weighted by atomic mass is 16.6. The van der Waals surface area contributed by atoms with Gasteiger partial charge in [-0.1, -0.05) is 6.07 Å². The lowest BCUT2D eigenvalue weighted by Crippen LogP contribution is -2.24. The van der Waals surface area contributed by atoms with Crippen LogP contribution in [0.15, 0.2) is 35.4 Å². The summed E-state index contributed by atoms with van der Waals surface area (Å²) in [5.74, 6) is -0.407. The van der Waals surface area contributed by atoms with E-state index in [1.807, 2.05) is 0 Å². The second kappa shape index (κ2) is 9.21. The zero-order valence-corrected chi connectivity index (χ0v) is 15.5. The molecule has 148 valence electrons. The van der Waals surface area contributed by atoms with E-state index in [1.54, 1.807) is 13.0 Å². The summed E-state index contributed by atoms with van der Waals surface area (Å²) in [4.78, 5) is 22.3. The Kier molecular flexibility index (Phi) is 6.74. The van der Waals surface area contributed by atoms with E-state index in [0.29, 0.717) is 11.1 Å². The van der Waals surface area contributed by atoms with Gasteiger partial charge in [0.25, 0.3) is 5.91 Å². The van der Waals surface area contributed by atoms with Crippen LogP contribution in [0.5, 0.6) is 23.0 Å². The highest BCUT2D eigenvalue weighted by molar-refractivity contribution is 5.84. The zero-order chi connectivity index (χ0) is 20.7. The van der Waals surface area contributed by atoms with Crippen molar-refractivity contribution in [3.63, 3.8) is 0 Å². The molecule has 2 aromatic rings. The van der Waals surface area contributed by atoms with E-state index in [4.69, 9.17) is 14.2 Å². The molecule has 1 amide bonds. The second-order valence-electron chi connectivity index (χ2n) is 5.58. The van der Waals surface area contributed by atoms with Crippen LogP contribution in [0.3, 0.4) is 0 Å². The number of ether oxygens (including phenoxy) is 3. The number of hydrogen-bond acceptors (Lipinski definition) is 8. The molecular weight excluding hydrogens is 370 g/mol. The quantitative estimate of drug-likeness (QED) is 0.401. The molecule has 0 bridgehead atoms. The Morgan fingerprint density at radius 2 is 1.86 bits per heavy atom. The first-order valence-corrected chi connectivity index (χ1v) is 8.00. The predicted octanol–water partition coefficient (Wildman–Crippen LogP) is 2.16. The molecule has 0 fully saturated rings. The Bertz CT molecular complexity index is 887. The Morgan fingerprint density at radius 1 is 1.21 bits per heavy atom. The lowest BCUT2D eigenvalue weighted by molar-refractivity contribution is -0.385. The molecule has 10 nitrogen and oxygen atoms in total. The molecule has 2 rings (SSSR count). The minimum Gasteiger partial charge on any atom is -0.502 e. The van der Waals surface area contributed by atoms with Gasteiger partial charge in [-0.25, -0.2) is 5.43 Å². The molecule has 0 saturated heterocycles. The molecule has 0 aromatic heterocycles. The highest BCUT2D eigenvalue weighted by Gasteiger charge is 2.16. The number of carbonyl (C=O) groups is 1. The minimum absolute atomic E-state index is 0.0114. The molecule has 2 aromatic carbocycles. The van der Waals surface area contributed by atoms with Crippen molar-refractivity contribution in [2.45, 2.75) is 6.92 Å². The first-order chi connectivity index (χ1) is 13.3. The summed E-state index contributed by atoms with van der Waals surface area (Å²) in [5, 5.41) is 24.7. The van der Waals surface area contributed by atoms with Crippen LogP contribution in [-0.2, 0) is 4.79 Å². The molecule has 0 aliphatic rings. The van der Waals surface area contributed by atoms with E-state index in [-0.39, 0.29) is 28.7 Å². The molecule has 0 spiro atoms. The van der Waals surface area contributed by atoms with Gasteiger partial charge in [-0.15, -0.1) is 0 Å². The third kappa shape index (κ3) is 5.10. The Balaban J connectivity index is 1.99. The number of phenolic OH excluding ortho intramolecular Hbond substituents is 1. The molecular formula is C18H19N3O7. The van der Waals surface area contributed by atoms with Crippen LogP contribution in [0.25, 0.3) is 0 Å². The van der Waals surface area contributed by atoms with Gasteiger partial charge in [0.1, 0.15) is 0 Å². The number of aryl methyl sites for hydroxylation is 1. The van der Waals surface area contributed by atoms with E-state index in [1.165, 1.54) is 44.7 Å². The summed E-state index contributed by atoms with van der Waals surface area (Å²) in [6, 6.07) is 7.43. The van der Waals surface area contributed by atoms with Crippen molar-refractivity contribution < 1.29 is 29.0 Å². The van der Waals surface area contributed by atoms with Gasteiger partial charge >= 0.3 is 5.69 Å². The molecule has 0 aliphatic carbocycles. The van der Waals surface area contributed by atoms with Crippen LogP contribution in [-0.4, -0.2) is 43.0 Å². The molecule has 10 heteroatoms. The maximum atomic E-state index is 11.8. The number of phenols is 1. The van der Waals surface area contributed by atoms with Gasteiger partial charge in [0, 0.05) is 11.6 Å². The molecule has 0 saturated carbocycles. The van der Waals surface area contributed by atoms with Gasteiger partial charge in [0.05, 0.1) is 25.4 Å². The third-order valence-electron chi connectivity index (χ3n) is 3.57. The number of methoxy groups -OCH3 is 2. The predicted molar refractivity (Wildman–Crippen MR) is 100 cm³/mol. The van der Waals surface area contributed by atoms with Crippen molar-refractivity contribution >= 4 is 17.8 Å². The van der Waals surface area contributed by atoms with E-state index in [2.05, 4.69) is 10.5 Å². The number of carbonyl (C=O) groups excluding carboxylic acids is 1. The number of hydrazone groups is 1. The topological polar surface area (TPSA) is 133 Å². The number of benzene rings is 2. The number of hydrogen-bond donors (Lipinski definition) is 2. The van der Waals surface area contributed by atoms with Gasteiger partial charge in [-0.2, -0.15) is 5.10 Å². The maximum absolute atomic E-state index is 11.8. The zero-order valence-electron chi connectivity index (χ0n) is 15.5. The molecule has 28 heavy (non-hydrogen) atoms. The number of nitrogens with zero attached hydrogens (tertiary/aromatic N) is 2. The van der Waals surface area contributed by atoms with Gasteiger partial charge in [-0.05, 0) is 30.7 Å². The maximum Gasteiger partial charge on any atom is 0.311 e. The van der Waals surface area contributed by atoms with Crippen LogP contribution in [0.2, 0.25) is 0 Å². The van der Waals surface area contributed by atoms with Crippen LogP contribution < -0.4 is 19.6 Å². The number of rotatable bonds is 8. The van der Waals surface area contributed by atoms with Crippen LogP contribution in [0.1, 0.15) is 11.1 Å². The van der Waals surface area contributed by atoms with Crippen LogP contribution in [0, 0.1) is 17.0 Å². The number of aromatic hydroxyl groups is 1. The number of nitro benzene ring substituents is 1. The Labute approximate surface area is 160 Å². The lowest BCUT2D eigenvalue weighted by Gasteiger charge is -2.09. The van der Waals surface area contributed by atoms with E-state index in [0.717, 1.165) is 0 Å². The number of amides is 1. The SMILES string of the molecule is COc1cc(/C=N/NC(=O)COc2ccc(C)cc2[N+](=O)[O-])cc(OC)c1O. The van der Waals surface area contributed by atoms with E-state index < -0.39 is 17.4 Å². The fraction of sp³-hybridized carbons (Fsp3) is 0.222. The molecule has 2 N–H and O–H groups in total. The molecule has 0 radical (unpaired) electrons. The first kappa shape index (κ1) is 20.5. The molecule has 0 heterocycles. The fourth-order valence-corrected chi connectivity index (χ4v) is 2.23. The lowest BCUT2D eigenvalue weighted by atomic mass is 10.2. The van der Waals surface area contributed by atoms with Gasteiger partial charge < -0.3 is 19.3 Å². The average Bonchev–Trinajstić information content (AvgIpc) is 2.67. The summed E-state index contributed by atoms with van der Waals surface area (Å²) in [6.07, 6.45) is 1.32. The molecule has 0 unspecified atom stereocenters. The summed E-state index contributed by atoms with van der Waals surface area (Å²) >= 11 is 0. The average molecular weight is 389 g/mol. The summed E-state index contributed by atoms with van der Waals surface area (Å²) in [6.45, 7) is 1.26. The van der Waals surface area contributed by atoms with E-state index >= 15 is 0 Å². The third-order valence-corrected chi connectivity index (χ3v) is 3.57. The van der Waals surface area contributed by atoms with Crippen LogP contribution in [0.4, 0.5) is 5.69 Å². The van der Waals surface area contributed by atoms with Gasteiger partial charge in [-0.3, -0.25) is 14.9 Å². The van der Waals surface area contributed by atoms with Crippen molar-refractivity contribution in [3.05, 3.63) is 51.6 Å². The monoisotopic (exact) mass is 389 g/mol. The standard InChI is InChI=1S/C18H19N3O7/c1-11-4-5-14(13(6-11)21(24)25)28-10-17(22)20-19-9-12-7-15(26-2)18(23)16(8-12)27-3/h4-9,23H,10H2,1-3H3,(H,20,22)/b19-9+. The highest BCUT2D eigenvalue weighted by Crippen LogP contribution is 2.36. The summed E-state index contributed by atoms with van der Waals surface area (Å²) in [7, 11) is 2.78. The van der Waals surface area contributed by atoms with Gasteiger partial charge in [0.2, 0.25) is 5.75 Å². The largest absolute Gasteiger partial charge is 0.502 e. The molecule has 0 atom stereocenters. The number of nitrogens with one attached hydrogen (secondary N) is 1. The summed E-state index contributed by atoms with van der Waals surface area (Å²) in [5.41, 5.74) is 3.22. The van der Waals surface area contributed by atoms with Crippen molar-refractivity contribution in [1.29, 1.82) is 0 Å². The Morgan fingerprint density at radius 3 is 2.43 bits per heavy atom. The normalized spacial score (nSPS) is 10.5. The van der Waals surface area contributed by atoms with Crippen LogP contribution >= 0.6 is 0 Å². The minimum atomic E-state index is -0.608. The molecule has 0 aliphatic heterocycles. The van der Waals surface area contributed by atoms with Crippen molar-refractivity contribution in [1.82, 2.24) is 5.43 Å². The van der Waals surface area contributed by atoms with E-state index in [9.17, 15) is 20.0 Å². The van der Waals surface area contributed by atoms with Crippen molar-refractivity contribution in [3.8, 4) is 23.0 Å². The first-order valence-electron chi connectivity index (χ1n) is 8.00. The van der Waals surface area contributed by atoms with Gasteiger partial charge in [0.15, 0.2) is 23.9 Å². The summed E-state index contributed by atoms with van der Waals surface area (Å²) < 4.78 is 15.3. The van der Waals surface area contributed by atoms with Crippen molar-refractivity contribution in [2.75, 3.05) is 20.8 Å². The number of nitro groups is 1. The fourth-order valence-electron chi connectivity index (χ4n) is 2.23. The second-order valence-corrected chi connectivity index (χ2v) is 5.58.